The first kappa shape index (κ1) is 12.9. The standard InChI is InChI=1S/C11H23NO3/c13-8-6-12(7-9-14)5-1-3-11-4-2-10-15-11/h11,13-14H,1-10H2. The zero-order valence-electron chi connectivity index (χ0n) is 9.40. The van der Waals surface area contributed by atoms with Crippen LogP contribution in [-0.4, -0.2) is 60.7 Å². The highest BCUT2D eigenvalue weighted by Crippen LogP contribution is 2.16. The molecule has 4 nitrogen and oxygen atoms in total. The molecule has 90 valence electrons. The third-order valence-electron chi connectivity index (χ3n) is 2.86. The van der Waals surface area contributed by atoms with Gasteiger partial charge < -0.3 is 14.9 Å². The molecule has 1 aliphatic rings. The highest BCUT2D eigenvalue weighted by atomic mass is 16.5. The van der Waals surface area contributed by atoms with E-state index in [2.05, 4.69) is 4.90 Å². The zero-order valence-corrected chi connectivity index (χ0v) is 9.40. The van der Waals surface area contributed by atoms with E-state index in [1.165, 1.54) is 12.8 Å². The van der Waals surface area contributed by atoms with Crippen molar-refractivity contribution in [1.29, 1.82) is 0 Å². The normalized spacial score (nSPS) is 21.4. The Morgan fingerprint density at radius 3 is 2.40 bits per heavy atom. The maximum absolute atomic E-state index is 8.83. The molecule has 1 saturated heterocycles. The molecule has 1 aliphatic heterocycles. The van der Waals surface area contributed by atoms with Gasteiger partial charge in [0.2, 0.25) is 0 Å². The molecule has 2 N–H and O–H groups in total. The summed E-state index contributed by atoms with van der Waals surface area (Å²) in [7, 11) is 0. The molecule has 4 heteroatoms. The van der Waals surface area contributed by atoms with Crippen LogP contribution in [0.3, 0.4) is 0 Å². The van der Waals surface area contributed by atoms with Gasteiger partial charge in [0.05, 0.1) is 19.3 Å². The van der Waals surface area contributed by atoms with Gasteiger partial charge in [-0.2, -0.15) is 0 Å². The van der Waals surface area contributed by atoms with E-state index >= 15 is 0 Å². The third kappa shape index (κ3) is 5.47. The van der Waals surface area contributed by atoms with Gasteiger partial charge in [0.25, 0.3) is 0 Å². The lowest BCUT2D eigenvalue weighted by Crippen LogP contribution is -2.31. The number of aliphatic hydroxyl groups is 2. The fourth-order valence-corrected chi connectivity index (χ4v) is 2.03. The molecule has 0 bridgehead atoms. The summed E-state index contributed by atoms with van der Waals surface area (Å²) in [5.41, 5.74) is 0. The topological polar surface area (TPSA) is 52.9 Å². The molecule has 1 heterocycles. The number of ether oxygens (including phenoxy) is 1. The van der Waals surface area contributed by atoms with Gasteiger partial charge in [-0.1, -0.05) is 0 Å². The average Bonchev–Trinajstić information content (AvgIpc) is 2.71. The fraction of sp³-hybridized carbons (Fsp3) is 1.00. The van der Waals surface area contributed by atoms with Gasteiger partial charge in [-0.3, -0.25) is 4.90 Å². The molecule has 0 amide bonds. The Hall–Kier alpha value is -0.160. The minimum absolute atomic E-state index is 0.167. The Labute approximate surface area is 91.8 Å². The van der Waals surface area contributed by atoms with Crippen molar-refractivity contribution in [1.82, 2.24) is 4.90 Å². The van der Waals surface area contributed by atoms with Gasteiger partial charge in [-0.05, 0) is 32.2 Å². The number of nitrogens with zero attached hydrogens (tertiary/aromatic N) is 1. The Morgan fingerprint density at radius 2 is 1.87 bits per heavy atom. The summed E-state index contributed by atoms with van der Waals surface area (Å²) in [6.45, 7) is 3.51. The second-order valence-corrected chi connectivity index (χ2v) is 4.07. The number of aliphatic hydroxyl groups excluding tert-OH is 2. The van der Waals surface area contributed by atoms with Crippen molar-refractivity contribution in [2.75, 3.05) is 39.5 Å². The molecule has 0 aromatic rings. The second kappa shape index (κ2) is 8.05. The highest BCUT2D eigenvalue weighted by Gasteiger charge is 2.15. The van der Waals surface area contributed by atoms with Crippen LogP contribution in [0.4, 0.5) is 0 Å². The molecule has 1 rings (SSSR count). The molecule has 0 aromatic heterocycles. The van der Waals surface area contributed by atoms with E-state index in [4.69, 9.17) is 14.9 Å². The predicted octanol–water partition coefficient (Wildman–Crippen LogP) is 0.232. The average molecular weight is 217 g/mol. The summed E-state index contributed by atoms with van der Waals surface area (Å²) in [5, 5.41) is 17.7. The van der Waals surface area contributed by atoms with Crippen LogP contribution in [0, 0.1) is 0 Å². The Morgan fingerprint density at radius 1 is 1.13 bits per heavy atom. The van der Waals surface area contributed by atoms with Crippen molar-refractivity contribution in [3.8, 4) is 0 Å². The molecule has 0 aromatic carbocycles. The van der Waals surface area contributed by atoms with Crippen molar-refractivity contribution < 1.29 is 14.9 Å². The lowest BCUT2D eigenvalue weighted by Gasteiger charge is -2.20. The smallest absolute Gasteiger partial charge is 0.0576 e. The fourth-order valence-electron chi connectivity index (χ4n) is 2.03. The number of rotatable bonds is 8. The Balaban J connectivity index is 2.04. The molecular weight excluding hydrogens is 194 g/mol. The van der Waals surface area contributed by atoms with E-state index in [1.807, 2.05) is 0 Å². The SMILES string of the molecule is OCCN(CCO)CCCC1CCCO1. The minimum Gasteiger partial charge on any atom is -0.395 e. The number of hydrogen-bond acceptors (Lipinski definition) is 4. The zero-order chi connectivity index (χ0) is 10.9. The van der Waals surface area contributed by atoms with E-state index in [0.29, 0.717) is 19.2 Å². The van der Waals surface area contributed by atoms with Crippen LogP contribution in [0.25, 0.3) is 0 Å². The molecule has 0 aliphatic carbocycles. The van der Waals surface area contributed by atoms with Gasteiger partial charge in [0.1, 0.15) is 0 Å². The first-order valence-electron chi connectivity index (χ1n) is 5.92. The first-order chi connectivity index (χ1) is 7.36. The summed E-state index contributed by atoms with van der Waals surface area (Å²) in [5.74, 6) is 0. The van der Waals surface area contributed by atoms with Crippen molar-refractivity contribution in [2.24, 2.45) is 0 Å². The lowest BCUT2D eigenvalue weighted by atomic mass is 10.1. The van der Waals surface area contributed by atoms with Crippen molar-refractivity contribution in [2.45, 2.75) is 31.8 Å². The van der Waals surface area contributed by atoms with Crippen molar-refractivity contribution >= 4 is 0 Å². The predicted molar refractivity (Wildman–Crippen MR) is 58.8 cm³/mol. The van der Waals surface area contributed by atoms with E-state index in [0.717, 1.165) is 26.0 Å². The summed E-state index contributed by atoms with van der Waals surface area (Å²) in [6.07, 6.45) is 5.04. The third-order valence-corrected chi connectivity index (χ3v) is 2.86. The maximum atomic E-state index is 8.83. The van der Waals surface area contributed by atoms with Gasteiger partial charge >= 0.3 is 0 Å². The van der Waals surface area contributed by atoms with Crippen molar-refractivity contribution in [3.05, 3.63) is 0 Å². The minimum atomic E-state index is 0.167. The first-order valence-corrected chi connectivity index (χ1v) is 5.92. The molecule has 0 radical (unpaired) electrons. The summed E-state index contributed by atoms with van der Waals surface area (Å²) < 4.78 is 5.54. The molecular formula is C11H23NO3. The Kier molecular flexibility index (Phi) is 6.92. The van der Waals surface area contributed by atoms with Crippen LogP contribution in [0.15, 0.2) is 0 Å². The molecule has 15 heavy (non-hydrogen) atoms. The monoisotopic (exact) mass is 217 g/mol. The number of hydrogen-bond donors (Lipinski definition) is 2. The lowest BCUT2D eigenvalue weighted by molar-refractivity contribution is 0.0956. The summed E-state index contributed by atoms with van der Waals surface area (Å²) in [4.78, 5) is 2.09. The van der Waals surface area contributed by atoms with E-state index in [-0.39, 0.29) is 13.2 Å². The molecule has 0 spiro atoms. The molecule has 1 unspecified atom stereocenters. The van der Waals surface area contributed by atoms with E-state index in [9.17, 15) is 0 Å². The second-order valence-electron chi connectivity index (χ2n) is 4.07. The van der Waals surface area contributed by atoms with Crippen LogP contribution in [0.5, 0.6) is 0 Å². The quantitative estimate of drug-likeness (QED) is 0.611. The molecule has 1 atom stereocenters. The highest BCUT2D eigenvalue weighted by molar-refractivity contribution is 4.66. The van der Waals surface area contributed by atoms with Crippen LogP contribution >= 0.6 is 0 Å². The van der Waals surface area contributed by atoms with Crippen LogP contribution < -0.4 is 0 Å². The summed E-state index contributed by atoms with van der Waals surface area (Å²) in [6, 6.07) is 0. The van der Waals surface area contributed by atoms with Gasteiger partial charge in [0.15, 0.2) is 0 Å². The largest absolute Gasteiger partial charge is 0.395 e. The molecule has 0 saturated carbocycles. The van der Waals surface area contributed by atoms with Crippen molar-refractivity contribution in [3.63, 3.8) is 0 Å². The molecule has 1 fully saturated rings. The van der Waals surface area contributed by atoms with Gasteiger partial charge in [0, 0.05) is 19.7 Å². The maximum Gasteiger partial charge on any atom is 0.0576 e. The van der Waals surface area contributed by atoms with Crippen LogP contribution in [0.1, 0.15) is 25.7 Å². The Bertz CT molecular complexity index is 143. The van der Waals surface area contributed by atoms with Crippen LogP contribution in [0.2, 0.25) is 0 Å². The van der Waals surface area contributed by atoms with E-state index in [1.54, 1.807) is 0 Å². The van der Waals surface area contributed by atoms with Gasteiger partial charge in [-0.15, -0.1) is 0 Å². The van der Waals surface area contributed by atoms with Gasteiger partial charge in [-0.25, -0.2) is 0 Å². The van der Waals surface area contributed by atoms with E-state index < -0.39 is 0 Å². The summed E-state index contributed by atoms with van der Waals surface area (Å²) >= 11 is 0. The van der Waals surface area contributed by atoms with Crippen LogP contribution in [-0.2, 0) is 4.74 Å².